The zero-order chi connectivity index (χ0) is 23.8. The molecule has 0 bridgehead atoms. The largest absolute Gasteiger partial charge is 0.416 e. The summed E-state index contributed by atoms with van der Waals surface area (Å²) >= 11 is 0. The first-order valence-corrected chi connectivity index (χ1v) is 9.41. The standard InChI is InChI=1S/C20H19F7N4O/c1-30(14-6-11(19(22,23)24)5-12(7-14)20(25,26)27)18(32)31(2)17-10-28-9-15(17)16-4-3-13(21)8-29-16/h3-8,15,17,28H,9-10H2,1-2H3. The lowest BCUT2D eigenvalue weighted by atomic mass is 9.98. The number of anilines is 1. The summed E-state index contributed by atoms with van der Waals surface area (Å²) in [6.07, 6.45) is -9.03. The van der Waals surface area contributed by atoms with Crippen LogP contribution in [0.5, 0.6) is 0 Å². The second kappa shape index (κ2) is 8.57. The first-order chi connectivity index (χ1) is 14.8. The number of benzene rings is 1. The Labute approximate surface area is 178 Å². The molecule has 1 aliphatic heterocycles. The van der Waals surface area contributed by atoms with Gasteiger partial charge in [-0.3, -0.25) is 9.88 Å². The maximum Gasteiger partial charge on any atom is 0.416 e. The minimum atomic E-state index is -5.03. The molecule has 1 fully saturated rings. The molecule has 5 nitrogen and oxygen atoms in total. The molecular weight excluding hydrogens is 445 g/mol. The Bertz CT molecular complexity index is 943. The Morgan fingerprint density at radius 1 is 1.00 bits per heavy atom. The molecule has 32 heavy (non-hydrogen) atoms. The van der Waals surface area contributed by atoms with Crippen LogP contribution >= 0.6 is 0 Å². The van der Waals surface area contributed by atoms with Gasteiger partial charge in [-0.05, 0) is 30.3 Å². The molecule has 1 aromatic carbocycles. The van der Waals surface area contributed by atoms with Crippen molar-refractivity contribution in [3.05, 3.63) is 59.2 Å². The first-order valence-electron chi connectivity index (χ1n) is 9.41. The van der Waals surface area contributed by atoms with Crippen LogP contribution in [0.15, 0.2) is 36.5 Å². The minimum Gasteiger partial charge on any atom is -0.322 e. The van der Waals surface area contributed by atoms with Crippen molar-refractivity contribution in [2.45, 2.75) is 24.3 Å². The molecule has 0 saturated carbocycles. The van der Waals surface area contributed by atoms with Crippen molar-refractivity contribution >= 4 is 11.7 Å². The molecule has 174 valence electrons. The van der Waals surface area contributed by atoms with Crippen molar-refractivity contribution in [2.24, 2.45) is 0 Å². The average molecular weight is 464 g/mol. The predicted octanol–water partition coefficient (Wildman–Crippen LogP) is 4.50. The number of rotatable bonds is 3. The molecular formula is C20H19F7N4O. The van der Waals surface area contributed by atoms with E-state index < -0.39 is 47.1 Å². The SMILES string of the molecule is CN(C(=O)N(C)C1CNCC1c1ccc(F)cn1)c1cc(C(F)(F)F)cc(C(F)(F)F)c1. The highest BCUT2D eigenvalue weighted by Gasteiger charge is 2.39. The van der Waals surface area contributed by atoms with Crippen LogP contribution in [0.2, 0.25) is 0 Å². The number of hydrogen-bond acceptors (Lipinski definition) is 3. The highest BCUT2D eigenvalue weighted by molar-refractivity contribution is 5.92. The van der Waals surface area contributed by atoms with Crippen molar-refractivity contribution in [2.75, 3.05) is 32.1 Å². The molecule has 0 spiro atoms. The monoisotopic (exact) mass is 464 g/mol. The molecule has 1 N–H and O–H groups in total. The Morgan fingerprint density at radius 2 is 1.59 bits per heavy atom. The van der Waals surface area contributed by atoms with E-state index in [1.54, 1.807) is 0 Å². The summed E-state index contributed by atoms with van der Waals surface area (Å²) in [7, 11) is 2.49. The van der Waals surface area contributed by atoms with Crippen LogP contribution in [0.3, 0.4) is 0 Å². The summed E-state index contributed by atoms with van der Waals surface area (Å²) in [6, 6.07) is 2.36. The number of nitrogens with zero attached hydrogens (tertiary/aromatic N) is 3. The number of aromatic nitrogens is 1. The Morgan fingerprint density at radius 3 is 2.09 bits per heavy atom. The molecule has 0 radical (unpaired) electrons. The van der Waals surface area contributed by atoms with Crippen molar-refractivity contribution in [3.63, 3.8) is 0 Å². The molecule has 1 saturated heterocycles. The normalized spacial score (nSPS) is 19.2. The van der Waals surface area contributed by atoms with E-state index in [2.05, 4.69) is 10.3 Å². The smallest absolute Gasteiger partial charge is 0.322 e. The van der Waals surface area contributed by atoms with Crippen LogP contribution in [0.25, 0.3) is 0 Å². The summed E-state index contributed by atoms with van der Waals surface area (Å²) in [6.45, 7) is 0.725. The predicted molar refractivity (Wildman–Crippen MR) is 102 cm³/mol. The fraction of sp³-hybridized carbons (Fsp3) is 0.400. The van der Waals surface area contributed by atoms with Gasteiger partial charge in [-0.25, -0.2) is 9.18 Å². The van der Waals surface area contributed by atoms with Crippen LogP contribution in [-0.4, -0.2) is 49.1 Å². The highest BCUT2D eigenvalue weighted by atomic mass is 19.4. The molecule has 12 heteroatoms. The molecule has 1 aromatic heterocycles. The number of alkyl halides is 6. The number of pyridine rings is 1. The number of urea groups is 1. The van der Waals surface area contributed by atoms with Crippen molar-refractivity contribution < 1.29 is 35.5 Å². The second-order valence-electron chi connectivity index (χ2n) is 7.45. The van der Waals surface area contributed by atoms with Gasteiger partial charge in [-0.2, -0.15) is 26.3 Å². The third-order valence-electron chi connectivity index (χ3n) is 5.36. The van der Waals surface area contributed by atoms with Gasteiger partial charge in [0.05, 0.1) is 23.4 Å². The van der Waals surface area contributed by atoms with Crippen molar-refractivity contribution in [1.82, 2.24) is 15.2 Å². The molecule has 3 rings (SSSR count). The van der Waals surface area contributed by atoms with Crippen LogP contribution in [0.4, 0.5) is 41.2 Å². The lowest BCUT2D eigenvalue weighted by Crippen LogP contribution is -2.47. The molecule has 2 heterocycles. The van der Waals surface area contributed by atoms with E-state index in [-0.39, 0.29) is 12.0 Å². The second-order valence-corrected chi connectivity index (χ2v) is 7.45. The lowest BCUT2D eigenvalue weighted by molar-refractivity contribution is -0.143. The van der Waals surface area contributed by atoms with Crippen LogP contribution in [0, 0.1) is 5.82 Å². The molecule has 0 aliphatic carbocycles. The molecule has 2 unspecified atom stereocenters. The van der Waals surface area contributed by atoms with E-state index in [4.69, 9.17) is 0 Å². The average Bonchev–Trinajstić information content (AvgIpc) is 3.21. The molecule has 2 atom stereocenters. The minimum absolute atomic E-state index is 0.00263. The Kier molecular flexibility index (Phi) is 6.36. The zero-order valence-corrected chi connectivity index (χ0v) is 16.9. The Balaban J connectivity index is 1.89. The zero-order valence-electron chi connectivity index (χ0n) is 16.9. The topological polar surface area (TPSA) is 48.5 Å². The van der Waals surface area contributed by atoms with Gasteiger partial charge in [0.25, 0.3) is 0 Å². The van der Waals surface area contributed by atoms with Gasteiger partial charge in [0.2, 0.25) is 0 Å². The fourth-order valence-electron chi connectivity index (χ4n) is 3.60. The summed E-state index contributed by atoms with van der Waals surface area (Å²) in [4.78, 5) is 18.9. The lowest BCUT2D eigenvalue weighted by Gasteiger charge is -2.32. The van der Waals surface area contributed by atoms with Crippen LogP contribution < -0.4 is 10.2 Å². The van der Waals surface area contributed by atoms with Gasteiger partial charge in [-0.15, -0.1) is 0 Å². The van der Waals surface area contributed by atoms with Crippen LogP contribution in [0.1, 0.15) is 22.7 Å². The molecule has 1 aliphatic rings. The summed E-state index contributed by atoms with van der Waals surface area (Å²) in [5.74, 6) is -0.879. The Hall–Kier alpha value is -2.89. The number of nitrogens with one attached hydrogen (secondary N) is 1. The molecule has 2 amide bonds. The van der Waals surface area contributed by atoms with Gasteiger partial charge >= 0.3 is 18.4 Å². The van der Waals surface area contributed by atoms with Crippen molar-refractivity contribution in [3.8, 4) is 0 Å². The van der Waals surface area contributed by atoms with Gasteiger partial charge in [0.1, 0.15) is 5.82 Å². The van der Waals surface area contributed by atoms with E-state index in [1.807, 2.05) is 0 Å². The fourth-order valence-corrected chi connectivity index (χ4v) is 3.60. The van der Waals surface area contributed by atoms with Crippen LogP contribution in [-0.2, 0) is 12.4 Å². The quantitative estimate of drug-likeness (QED) is 0.681. The number of halogens is 7. The summed E-state index contributed by atoms with van der Waals surface area (Å²) in [5, 5.41) is 3.06. The number of amides is 2. The van der Waals surface area contributed by atoms with Gasteiger partial charge in [-0.1, -0.05) is 0 Å². The van der Waals surface area contributed by atoms with E-state index in [1.165, 1.54) is 24.1 Å². The van der Waals surface area contributed by atoms with Crippen molar-refractivity contribution in [1.29, 1.82) is 0 Å². The maximum absolute atomic E-state index is 13.2. The third-order valence-corrected chi connectivity index (χ3v) is 5.36. The third kappa shape index (κ3) is 4.95. The molecule has 2 aromatic rings. The van der Waals surface area contributed by atoms with E-state index in [9.17, 15) is 35.5 Å². The van der Waals surface area contributed by atoms with E-state index in [0.29, 0.717) is 30.9 Å². The van der Waals surface area contributed by atoms with Gasteiger partial charge in [0, 0.05) is 44.5 Å². The van der Waals surface area contributed by atoms with E-state index >= 15 is 0 Å². The number of hydrogen-bond donors (Lipinski definition) is 1. The number of carbonyl (C=O) groups excluding carboxylic acids is 1. The van der Waals surface area contributed by atoms with Gasteiger partial charge < -0.3 is 10.2 Å². The highest BCUT2D eigenvalue weighted by Crippen LogP contribution is 2.38. The number of carbonyl (C=O) groups is 1. The summed E-state index contributed by atoms with van der Waals surface area (Å²) < 4.78 is 92.1. The maximum atomic E-state index is 13.2. The number of likely N-dealkylation sites (N-methyl/N-ethyl adjacent to an activating group) is 1. The first kappa shape index (κ1) is 23.8. The summed E-state index contributed by atoms with van der Waals surface area (Å²) in [5.41, 5.74) is -3.07. The van der Waals surface area contributed by atoms with E-state index in [0.717, 1.165) is 18.1 Å². The van der Waals surface area contributed by atoms with Gasteiger partial charge in [0.15, 0.2) is 0 Å².